The van der Waals surface area contributed by atoms with E-state index in [-0.39, 0.29) is 50.4 Å². The summed E-state index contributed by atoms with van der Waals surface area (Å²) in [6.07, 6.45) is -7.40. The van der Waals surface area contributed by atoms with Crippen LogP contribution in [0.5, 0.6) is 0 Å². The van der Waals surface area contributed by atoms with Crippen LogP contribution in [0.4, 0.5) is 33.7 Å². The number of carbonyl (C=O) groups is 3. The van der Waals surface area contributed by atoms with E-state index in [9.17, 15) is 27.6 Å². The van der Waals surface area contributed by atoms with Crippen LogP contribution in [0.15, 0.2) is 18.2 Å². The van der Waals surface area contributed by atoms with Crippen LogP contribution in [0.25, 0.3) is 0 Å². The number of benzene rings is 1. The average Bonchev–Trinajstić information content (AvgIpc) is 3.15. The molecule has 206 valence electrons. The number of cyclic esters (lactones) is 1. The molecule has 37 heavy (non-hydrogen) atoms. The number of piperazine rings is 1. The normalized spacial score (nSPS) is 22.0. The van der Waals surface area contributed by atoms with E-state index in [1.165, 1.54) is 24.0 Å². The Labute approximate surface area is 235 Å². The second-order valence-electron chi connectivity index (χ2n) is 8.64. The topological polar surface area (TPSA) is 94.2 Å². The van der Waals surface area contributed by atoms with Crippen molar-refractivity contribution < 1.29 is 36.7 Å². The highest BCUT2D eigenvalue weighted by molar-refractivity contribution is 9.39. The third-order valence-electron chi connectivity index (χ3n) is 5.88. The van der Waals surface area contributed by atoms with Gasteiger partial charge in [-0.1, -0.05) is 47.8 Å². The summed E-state index contributed by atoms with van der Waals surface area (Å²) in [7, 11) is 0. The summed E-state index contributed by atoms with van der Waals surface area (Å²) < 4.78 is 57.7. The maximum atomic E-state index is 15.1. The van der Waals surface area contributed by atoms with Gasteiger partial charge in [-0.25, -0.2) is 9.18 Å². The molecule has 0 saturated carbocycles. The lowest BCUT2D eigenvalue weighted by Crippen LogP contribution is -2.64. The van der Waals surface area contributed by atoms with Gasteiger partial charge < -0.3 is 20.3 Å². The maximum absolute atomic E-state index is 15.1. The summed E-state index contributed by atoms with van der Waals surface area (Å²) in [5.41, 5.74) is 0.553. The lowest BCUT2D eigenvalue weighted by atomic mass is 10.1. The molecule has 1 aromatic carbocycles. The van der Waals surface area contributed by atoms with Crippen molar-refractivity contribution in [3.63, 3.8) is 0 Å². The summed E-state index contributed by atoms with van der Waals surface area (Å²) in [5.74, 6) is -2.94. The number of hydrogen-bond donors (Lipinski definition) is 2. The van der Waals surface area contributed by atoms with Crippen molar-refractivity contribution in [2.45, 2.75) is 40.5 Å². The number of hydrogen-bond acceptors (Lipinski definition) is 6. The van der Waals surface area contributed by atoms with Gasteiger partial charge in [0.1, 0.15) is 18.1 Å². The van der Waals surface area contributed by atoms with Gasteiger partial charge in [-0.15, -0.1) is 0 Å². The Bertz CT molecular complexity index is 1040. The Morgan fingerprint density at radius 1 is 1.19 bits per heavy atom. The molecule has 0 radical (unpaired) electrons. The number of carbonyl (C=O) groups excluding carboxylic acids is 3. The Hall–Kier alpha value is -1.65. The molecule has 2 N–H and O–H groups in total. The van der Waals surface area contributed by atoms with Gasteiger partial charge in [0.15, 0.2) is 2.14 Å². The number of anilines is 2. The fourth-order valence-corrected chi connectivity index (χ4v) is 5.28. The first kappa shape index (κ1) is 29.9. The van der Waals surface area contributed by atoms with Crippen LogP contribution in [0, 0.1) is 5.82 Å². The number of rotatable bonds is 6. The number of nitrogens with zero attached hydrogens (tertiary/aromatic N) is 3. The summed E-state index contributed by atoms with van der Waals surface area (Å²) in [5, 5.41) is 4.55. The Kier molecular flexibility index (Phi) is 9.39. The molecule has 2 heterocycles. The van der Waals surface area contributed by atoms with Gasteiger partial charge in [0.05, 0.1) is 24.5 Å². The van der Waals surface area contributed by atoms with Crippen molar-refractivity contribution in [3.8, 4) is 0 Å². The molecular weight excluding hydrogens is 702 g/mol. The van der Waals surface area contributed by atoms with E-state index in [1.807, 2.05) is 5.32 Å². The van der Waals surface area contributed by atoms with Crippen LogP contribution >= 0.6 is 47.8 Å². The van der Waals surface area contributed by atoms with E-state index >= 15 is 4.39 Å². The molecule has 0 aromatic heterocycles. The highest BCUT2D eigenvalue weighted by Gasteiger charge is 2.46. The number of ether oxygens (including phenoxy) is 1. The number of nitrogens with one attached hydrogen (secondary N) is 2. The highest BCUT2D eigenvalue weighted by atomic mass is 80.0. The lowest BCUT2D eigenvalue weighted by molar-refractivity contribution is -0.175. The second-order valence-corrected chi connectivity index (χ2v) is 15.6. The summed E-state index contributed by atoms with van der Waals surface area (Å²) in [4.78, 5) is 39.6. The summed E-state index contributed by atoms with van der Waals surface area (Å²) >= 11 is 9.64. The van der Waals surface area contributed by atoms with Crippen molar-refractivity contribution in [3.05, 3.63) is 24.0 Å². The van der Waals surface area contributed by atoms with Crippen molar-refractivity contribution in [1.29, 1.82) is 0 Å². The molecule has 1 aromatic rings. The fourth-order valence-electron chi connectivity index (χ4n) is 4.15. The van der Waals surface area contributed by atoms with Crippen LogP contribution in [0.3, 0.4) is 0 Å². The fraction of sp³-hybridized carbons (Fsp3) is 0.571. The molecule has 9 nitrogen and oxygen atoms in total. The molecule has 3 rings (SSSR count). The van der Waals surface area contributed by atoms with Crippen LogP contribution in [-0.4, -0.2) is 82.2 Å². The van der Waals surface area contributed by atoms with Gasteiger partial charge in [0, 0.05) is 32.6 Å². The third kappa shape index (κ3) is 7.47. The molecule has 2 aliphatic rings. The van der Waals surface area contributed by atoms with Gasteiger partial charge in [0.25, 0.3) is 0 Å². The van der Waals surface area contributed by atoms with E-state index in [4.69, 9.17) is 4.74 Å². The smallest absolute Gasteiger partial charge is 0.442 e. The minimum atomic E-state index is -5.06. The van der Waals surface area contributed by atoms with E-state index in [0.717, 1.165) is 0 Å². The first-order valence-corrected chi connectivity index (χ1v) is 13.4. The molecule has 2 aliphatic heterocycles. The molecular formula is C21H24Br3F4N5O4. The van der Waals surface area contributed by atoms with Gasteiger partial charge in [-0.2, -0.15) is 13.2 Å². The zero-order valence-corrected chi connectivity index (χ0v) is 24.4. The third-order valence-corrected chi connectivity index (χ3v) is 7.18. The predicted octanol–water partition coefficient (Wildman–Crippen LogP) is 3.64. The maximum Gasteiger partial charge on any atom is 0.471 e. The SMILES string of the molecule is CC(=O)NC[C@H]1CN(c2ccc(N3CCN(C(NC(=O)C(F)(F)F)C(Br)(Br)Br)C(C)C3)c(F)c2)C(=O)O1. The molecule has 0 aliphatic carbocycles. The minimum absolute atomic E-state index is 0.142. The van der Waals surface area contributed by atoms with Gasteiger partial charge in [-0.05, 0) is 25.1 Å². The molecule has 2 unspecified atom stereocenters. The Morgan fingerprint density at radius 3 is 2.41 bits per heavy atom. The van der Waals surface area contributed by atoms with Gasteiger partial charge in [-0.3, -0.25) is 19.4 Å². The Morgan fingerprint density at radius 2 is 1.86 bits per heavy atom. The van der Waals surface area contributed by atoms with Gasteiger partial charge in [0.2, 0.25) is 5.91 Å². The zero-order valence-electron chi connectivity index (χ0n) is 19.6. The van der Waals surface area contributed by atoms with Crippen molar-refractivity contribution >= 4 is 77.1 Å². The number of amides is 3. The van der Waals surface area contributed by atoms with Crippen LogP contribution in [0.1, 0.15) is 13.8 Å². The standard InChI is InChI=1S/C21H24Br3F4N5O4/c1-11-9-31(5-6-32(11)17(20(22,23)24)30-18(35)21(26,27)28)16-4-3-13(7-15(16)25)33-10-14(37-19(33)36)8-29-12(2)34/h3-4,7,11,14,17H,5-6,8-10H2,1-2H3,(H,29,34)(H,30,35)/t11?,14-,17?/m0/s1. The molecule has 3 atom stereocenters. The van der Waals surface area contributed by atoms with Crippen molar-refractivity contribution in [2.24, 2.45) is 0 Å². The molecule has 16 heteroatoms. The minimum Gasteiger partial charge on any atom is -0.442 e. The van der Waals surface area contributed by atoms with Crippen LogP contribution < -0.4 is 20.4 Å². The van der Waals surface area contributed by atoms with E-state index in [2.05, 4.69) is 53.1 Å². The predicted molar refractivity (Wildman–Crippen MR) is 139 cm³/mol. The largest absolute Gasteiger partial charge is 0.471 e. The Balaban J connectivity index is 1.69. The highest BCUT2D eigenvalue weighted by Crippen LogP contribution is 2.40. The van der Waals surface area contributed by atoms with Crippen molar-refractivity contribution in [2.75, 3.05) is 42.5 Å². The molecule has 2 saturated heterocycles. The lowest BCUT2D eigenvalue weighted by Gasteiger charge is -2.47. The first-order chi connectivity index (χ1) is 17.1. The van der Waals surface area contributed by atoms with E-state index < -0.39 is 38.4 Å². The number of halogens is 7. The van der Waals surface area contributed by atoms with E-state index in [1.54, 1.807) is 22.8 Å². The first-order valence-electron chi connectivity index (χ1n) is 11.0. The summed E-state index contributed by atoms with van der Waals surface area (Å²) in [6, 6.07) is 3.92. The molecule has 0 spiro atoms. The zero-order chi connectivity index (χ0) is 27.7. The molecule has 0 bridgehead atoms. The monoisotopic (exact) mass is 723 g/mol. The quantitative estimate of drug-likeness (QED) is 0.344. The summed E-state index contributed by atoms with van der Waals surface area (Å²) in [6.45, 7) is 4.10. The molecule has 3 amide bonds. The van der Waals surface area contributed by atoms with E-state index in [0.29, 0.717) is 5.69 Å². The average molecular weight is 726 g/mol. The molecule has 2 fully saturated rings. The number of alkyl halides is 6. The van der Waals surface area contributed by atoms with Crippen LogP contribution in [0.2, 0.25) is 0 Å². The van der Waals surface area contributed by atoms with Crippen LogP contribution in [-0.2, 0) is 14.3 Å². The second kappa shape index (κ2) is 11.6. The van der Waals surface area contributed by atoms with Gasteiger partial charge >= 0.3 is 18.2 Å². The van der Waals surface area contributed by atoms with Crippen molar-refractivity contribution in [1.82, 2.24) is 15.5 Å².